The van der Waals surface area contributed by atoms with E-state index in [0.29, 0.717) is 26.4 Å². The van der Waals surface area contributed by atoms with Gasteiger partial charge in [-0.05, 0) is 38.8 Å². The fraction of sp³-hybridized carbons (Fsp3) is 0.667. The number of aliphatic hydroxyl groups excluding tert-OH is 1. The van der Waals surface area contributed by atoms with Gasteiger partial charge < -0.3 is 24.2 Å². The monoisotopic (exact) mass is 338 g/mol. The van der Waals surface area contributed by atoms with E-state index in [1.807, 2.05) is 33.3 Å². The van der Waals surface area contributed by atoms with Crippen LogP contribution in [0.3, 0.4) is 0 Å². The standard InChI is InChI=1S/C18H30N2O4/c1-19(2)8-9-24-15-7-5-6-14(10-15)11-20(3)16-12-23-13-17(22-4)18(16)21/h5-7,10,16-18,21H,8-9,11-13H2,1-4H3/t16-,17-,18+/m1/s1. The summed E-state index contributed by atoms with van der Waals surface area (Å²) < 4.78 is 16.6. The number of rotatable bonds is 8. The fourth-order valence-electron chi connectivity index (χ4n) is 2.83. The maximum absolute atomic E-state index is 10.4. The van der Waals surface area contributed by atoms with Gasteiger partial charge in [0.05, 0.1) is 19.3 Å². The van der Waals surface area contributed by atoms with Gasteiger partial charge >= 0.3 is 0 Å². The van der Waals surface area contributed by atoms with E-state index in [0.717, 1.165) is 17.9 Å². The van der Waals surface area contributed by atoms with Crippen molar-refractivity contribution in [3.63, 3.8) is 0 Å². The number of ether oxygens (including phenoxy) is 3. The molecule has 2 rings (SSSR count). The summed E-state index contributed by atoms with van der Waals surface area (Å²) in [5, 5.41) is 10.4. The van der Waals surface area contributed by atoms with Crippen LogP contribution < -0.4 is 4.74 Å². The van der Waals surface area contributed by atoms with Gasteiger partial charge in [-0.25, -0.2) is 0 Å². The summed E-state index contributed by atoms with van der Waals surface area (Å²) in [5.74, 6) is 0.873. The van der Waals surface area contributed by atoms with E-state index in [9.17, 15) is 5.11 Å². The molecule has 1 N–H and O–H groups in total. The topological polar surface area (TPSA) is 54.4 Å². The summed E-state index contributed by atoms with van der Waals surface area (Å²) in [4.78, 5) is 4.20. The van der Waals surface area contributed by atoms with Gasteiger partial charge in [0.2, 0.25) is 0 Å². The van der Waals surface area contributed by atoms with E-state index < -0.39 is 6.10 Å². The van der Waals surface area contributed by atoms with Gasteiger partial charge in [-0.3, -0.25) is 4.90 Å². The highest BCUT2D eigenvalue weighted by molar-refractivity contribution is 5.28. The molecular formula is C18H30N2O4. The lowest BCUT2D eigenvalue weighted by Gasteiger charge is -2.39. The molecule has 1 saturated heterocycles. The Hall–Kier alpha value is -1.18. The Morgan fingerprint density at radius 1 is 1.25 bits per heavy atom. The first-order valence-corrected chi connectivity index (χ1v) is 8.36. The van der Waals surface area contributed by atoms with Crippen LogP contribution in [0.15, 0.2) is 24.3 Å². The van der Waals surface area contributed by atoms with Gasteiger partial charge in [0, 0.05) is 20.2 Å². The number of hydrogen-bond donors (Lipinski definition) is 1. The van der Waals surface area contributed by atoms with Crippen molar-refractivity contribution in [2.75, 3.05) is 54.6 Å². The molecule has 0 aliphatic carbocycles. The molecule has 136 valence electrons. The maximum atomic E-state index is 10.4. The second kappa shape index (κ2) is 9.34. The molecule has 0 saturated carbocycles. The first-order valence-electron chi connectivity index (χ1n) is 8.36. The molecule has 6 nitrogen and oxygen atoms in total. The van der Waals surface area contributed by atoms with E-state index in [2.05, 4.69) is 21.9 Å². The van der Waals surface area contributed by atoms with Crippen molar-refractivity contribution >= 4 is 0 Å². The molecule has 0 amide bonds. The quantitative estimate of drug-likeness (QED) is 0.758. The number of nitrogens with zero attached hydrogens (tertiary/aromatic N) is 2. The summed E-state index contributed by atoms with van der Waals surface area (Å²) in [6.07, 6.45) is -0.819. The van der Waals surface area contributed by atoms with Crippen LogP contribution in [0.1, 0.15) is 5.56 Å². The van der Waals surface area contributed by atoms with E-state index >= 15 is 0 Å². The normalized spacial score (nSPS) is 24.5. The van der Waals surface area contributed by atoms with E-state index in [4.69, 9.17) is 14.2 Å². The molecule has 24 heavy (non-hydrogen) atoms. The fourth-order valence-corrected chi connectivity index (χ4v) is 2.83. The molecule has 6 heteroatoms. The SMILES string of the molecule is CO[C@@H]1COC[C@@H](N(C)Cc2cccc(OCCN(C)C)c2)[C@@H]1O. The third kappa shape index (κ3) is 5.43. The summed E-state index contributed by atoms with van der Waals surface area (Å²) >= 11 is 0. The highest BCUT2D eigenvalue weighted by Crippen LogP contribution is 2.20. The first kappa shape index (κ1) is 19.1. The van der Waals surface area contributed by atoms with Crippen molar-refractivity contribution in [1.29, 1.82) is 0 Å². The lowest BCUT2D eigenvalue weighted by Crippen LogP contribution is -2.55. The smallest absolute Gasteiger partial charge is 0.119 e. The maximum Gasteiger partial charge on any atom is 0.119 e. The second-order valence-corrected chi connectivity index (χ2v) is 6.58. The molecule has 0 bridgehead atoms. The van der Waals surface area contributed by atoms with Crippen molar-refractivity contribution < 1.29 is 19.3 Å². The Balaban J connectivity index is 1.92. The van der Waals surface area contributed by atoms with Crippen LogP contribution in [0.5, 0.6) is 5.75 Å². The average Bonchev–Trinajstić information content (AvgIpc) is 2.55. The molecule has 0 unspecified atom stereocenters. The predicted molar refractivity (Wildman–Crippen MR) is 93.4 cm³/mol. The summed E-state index contributed by atoms with van der Waals surface area (Å²) in [7, 11) is 7.65. The predicted octanol–water partition coefficient (Wildman–Crippen LogP) is 0.833. The molecule has 0 aromatic heterocycles. The largest absolute Gasteiger partial charge is 0.492 e. The minimum Gasteiger partial charge on any atom is -0.492 e. The van der Waals surface area contributed by atoms with Gasteiger partial charge in [0.25, 0.3) is 0 Å². The molecule has 0 spiro atoms. The van der Waals surface area contributed by atoms with Crippen LogP contribution in [-0.2, 0) is 16.0 Å². The molecular weight excluding hydrogens is 308 g/mol. The Labute approximate surface area is 144 Å². The number of benzene rings is 1. The molecule has 1 heterocycles. The van der Waals surface area contributed by atoms with Gasteiger partial charge in [-0.2, -0.15) is 0 Å². The van der Waals surface area contributed by atoms with Crippen molar-refractivity contribution in [2.24, 2.45) is 0 Å². The first-order chi connectivity index (χ1) is 11.5. The minimum absolute atomic E-state index is 0.0815. The Morgan fingerprint density at radius 2 is 2.04 bits per heavy atom. The van der Waals surface area contributed by atoms with Crippen LogP contribution in [-0.4, -0.2) is 87.8 Å². The lowest BCUT2D eigenvalue weighted by molar-refractivity contribution is -0.142. The zero-order valence-electron chi connectivity index (χ0n) is 15.1. The third-order valence-electron chi connectivity index (χ3n) is 4.35. The van der Waals surface area contributed by atoms with E-state index in [1.165, 1.54) is 0 Å². The van der Waals surface area contributed by atoms with Crippen molar-refractivity contribution in [1.82, 2.24) is 9.80 Å². The van der Waals surface area contributed by atoms with Gasteiger partial charge in [0.1, 0.15) is 24.6 Å². The van der Waals surface area contributed by atoms with E-state index in [-0.39, 0.29) is 12.1 Å². The molecule has 1 aromatic carbocycles. The van der Waals surface area contributed by atoms with Crippen molar-refractivity contribution in [3.8, 4) is 5.75 Å². The highest BCUT2D eigenvalue weighted by Gasteiger charge is 2.35. The number of methoxy groups -OCH3 is 1. The van der Waals surface area contributed by atoms with Crippen molar-refractivity contribution in [3.05, 3.63) is 29.8 Å². The second-order valence-electron chi connectivity index (χ2n) is 6.58. The molecule has 1 fully saturated rings. The van der Waals surface area contributed by atoms with Gasteiger partial charge in [-0.1, -0.05) is 12.1 Å². The summed E-state index contributed by atoms with van der Waals surface area (Å²) in [5.41, 5.74) is 1.14. The summed E-state index contributed by atoms with van der Waals surface area (Å²) in [6, 6.07) is 8.01. The third-order valence-corrected chi connectivity index (χ3v) is 4.35. The van der Waals surface area contributed by atoms with Crippen LogP contribution >= 0.6 is 0 Å². The zero-order chi connectivity index (χ0) is 17.5. The molecule has 1 aromatic rings. The number of aliphatic hydroxyl groups is 1. The van der Waals surface area contributed by atoms with E-state index in [1.54, 1.807) is 7.11 Å². The van der Waals surface area contributed by atoms with Gasteiger partial charge in [0.15, 0.2) is 0 Å². The summed E-state index contributed by atoms with van der Waals surface area (Å²) in [6.45, 7) is 3.21. The number of likely N-dealkylation sites (N-methyl/N-ethyl adjacent to an activating group) is 2. The van der Waals surface area contributed by atoms with Crippen LogP contribution in [0.25, 0.3) is 0 Å². The van der Waals surface area contributed by atoms with Crippen LogP contribution in [0.2, 0.25) is 0 Å². The van der Waals surface area contributed by atoms with Crippen LogP contribution in [0.4, 0.5) is 0 Å². The average molecular weight is 338 g/mol. The minimum atomic E-state index is -0.548. The Bertz CT molecular complexity index is 498. The lowest BCUT2D eigenvalue weighted by atomic mass is 10.0. The number of hydrogen-bond acceptors (Lipinski definition) is 6. The molecule has 1 aliphatic rings. The Morgan fingerprint density at radius 3 is 2.75 bits per heavy atom. The molecule has 1 aliphatic heterocycles. The van der Waals surface area contributed by atoms with Gasteiger partial charge in [-0.15, -0.1) is 0 Å². The van der Waals surface area contributed by atoms with Crippen LogP contribution in [0, 0.1) is 0 Å². The molecule has 0 radical (unpaired) electrons. The Kier molecular flexibility index (Phi) is 7.45. The highest BCUT2D eigenvalue weighted by atomic mass is 16.5. The van der Waals surface area contributed by atoms with Crippen molar-refractivity contribution in [2.45, 2.75) is 24.8 Å². The molecule has 3 atom stereocenters. The zero-order valence-corrected chi connectivity index (χ0v) is 15.1.